The molecular formula is C18H26N2O5. The highest BCUT2D eigenvalue weighted by Crippen LogP contribution is 2.40. The number of ether oxygens (including phenoxy) is 2. The molecule has 2 atom stereocenters. The number of rotatable bonds is 5. The van der Waals surface area contributed by atoms with Crippen LogP contribution in [0.5, 0.6) is 0 Å². The molecule has 2 aliphatic rings. The second-order valence-corrected chi connectivity index (χ2v) is 7.10. The summed E-state index contributed by atoms with van der Waals surface area (Å²) in [5, 5.41) is 0. The summed E-state index contributed by atoms with van der Waals surface area (Å²) in [4.78, 5) is 27.7. The Labute approximate surface area is 147 Å². The van der Waals surface area contributed by atoms with Crippen LogP contribution in [0.1, 0.15) is 29.8 Å². The van der Waals surface area contributed by atoms with Gasteiger partial charge in [0.2, 0.25) is 5.91 Å². The van der Waals surface area contributed by atoms with Crippen LogP contribution in [-0.4, -0.2) is 74.7 Å². The van der Waals surface area contributed by atoms with Crippen molar-refractivity contribution in [2.45, 2.75) is 25.4 Å². The second-order valence-electron chi connectivity index (χ2n) is 7.10. The number of hydrogen-bond donors (Lipinski definition) is 0. The van der Waals surface area contributed by atoms with Crippen molar-refractivity contribution in [3.05, 3.63) is 24.2 Å². The number of amides is 2. The lowest BCUT2D eigenvalue weighted by molar-refractivity contribution is -0.155. The maximum atomic E-state index is 12.6. The fourth-order valence-corrected chi connectivity index (χ4v) is 3.70. The summed E-state index contributed by atoms with van der Waals surface area (Å²) in [5.74, 6) is 0.191. The molecular weight excluding hydrogens is 324 g/mol. The van der Waals surface area contributed by atoms with Crippen LogP contribution in [0.15, 0.2) is 22.8 Å². The molecule has 3 rings (SSSR count). The molecule has 0 aromatic carbocycles. The van der Waals surface area contributed by atoms with E-state index in [-0.39, 0.29) is 29.9 Å². The lowest BCUT2D eigenvalue weighted by Gasteiger charge is -2.50. The zero-order valence-corrected chi connectivity index (χ0v) is 14.9. The van der Waals surface area contributed by atoms with Gasteiger partial charge >= 0.3 is 0 Å². The maximum Gasteiger partial charge on any atom is 0.289 e. The minimum absolute atomic E-state index is 0.0492. The molecule has 0 N–H and O–H groups in total. The topological polar surface area (TPSA) is 72.2 Å². The Morgan fingerprint density at radius 3 is 3.00 bits per heavy atom. The van der Waals surface area contributed by atoms with E-state index in [9.17, 15) is 9.59 Å². The Morgan fingerprint density at radius 2 is 2.28 bits per heavy atom. The summed E-state index contributed by atoms with van der Waals surface area (Å²) in [5.41, 5.74) is -0.259. The minimum Gasteiger partial charge on any atom is -0.459 e. The Bertz CT molecular complexity index is 601. The van der Waals surface area contributed by atoms with Crippen LogP contribution >= 0.6 is 0 Å². The highest BCUT2D eigenvalue weighted by atomic mass is 16.5. The van der Waals surface area contributed by atoms with Crippen LogP contribution < -0.4 is 0 Å². The van der Waals surface area contributed by atoms with Gasteiger partial charge in [0.15, 0.2) is 5.76 Å². The van der Waals surface area contributed by atoms with Crippen molar-refractivity contribution in [3.63, 3.8) is 0 Å². The van der Waals surface area contributed by atoms with E-state index in [0.717, 1.165) is 25.9 Å². The summed E-state index contributed by atoms with van der Waals surface area (Å²) in [7, 11) is 3.42. The molecule has 0 radical (unpaired) electrons. The summed E-state index contributed by atoms with van der Waals surface area (Å²) >= 11 is 0. The highest BCUT2D eigenvalue weighted by Gasteiger charge is 2.47. The quantitative estimate of drug-likeness (QED) is 0.803. The molecule has 1 aromatic rings. The molecule has 3 heterocycles. The van der Waals surface area contributed by atoms with Gasteiger partial charge in [-0.25, -0.2) is 0 Å². The van der Waals surface area contributed by atoms with E-state index in [1.165, 1.54) is 11.2 Å². The summed E-state index contributed by atoms with van der Waals surface area (Å²) < 4.78 is 17.0. The molecule has 0 aliphatic carbocycles. The molecule has 0 unspecified atom stereocenters. The number of furan rings is 1. The third-order valence-electron chi connectivity index (χ3n) is 5.12. The first-order valence-electron chi connectivity index (χ1n) is 8.74. The van der Waals surface area contributed by atoms with E-state index in [1.807, 2.05) is 4.90 Å². The van der Waals surface area contributed by atoms with Gasteiger partial charge in [-0.15, -0.1) is 0 Å². The van der Waals surface area contributed by atoms with Crippen molar-refractivity contribution in [2.24, 2.45) is 5.41 Å². The van der Waals surface area contributed by atoms with E-state index < -0.39 is 0 Å². The van der Waals surface area contributed by atoms with Crippen molar-refractivity contribution in [1.82, 2.24) is 9.80 Å². The number of likely N-dealkylation sites (N-methyl/N-ethyl adjacent to an activating group) is 1. The second kappa shape index (κ2) is 7.58. The molecule has 2 fully saturated rings. The number of piperidine rings is 1. The Kier molecular flexibility index (Phi) is 5.44. The van der Waals surface area contributed by atoms with Gasteiger partial charge in [0, 0.05) is 39.2 Å². The smallest absolute Gasteiger partial charge is 0.289 e. The van der Waals surface area contributed by atoms with Crippen LogP contribution in [0, 0.1) is 5.41 Å². The number of carbonyl (C=O) groups excluding carboxylic acids is 2. The average molecular weight is 350 g/mol. The number of carbonyl (C=O) groups is 2. The Balaban J connectivity index is 1.68. The first-order valence-corrected chi connectivity index (χ1v) is 8.74. The number of nitrogens with zero attached hydrogens (tertiary/aromatic N) is 2. The van der Waals surface area contributed by atoms with E-state index in [2.05, 4.69) is 0 Å². The number of likely N-dealkylation sites (tertiary alicyclic amines) is 1. The predicted octanol–water partition coefficient (Wildman–Crippen LogP) is 1.40. The Morgan fingerprint density at radius 1 is 1.44 bits per heavy atom. The fraction of sp³-hybridized carbons (Fsp3) is 0.667. The third kappa shape index (κ3) is 3.88. The zero-order valence-electron chi connectivity index (χ0n) is 14.9. The first-order chi connectivity index (χ1) is 12.0. The third-order valence-corrected chi connectivity index (χ3v) is 5.12. The van der Waals surface area contributed by atoms with Crippen molar-refractivity contribution >= 4 is 11.8 Å². The van der Waals surface area contributed by atoms with Crippen LogP contribution in [0.4, 0.5) is 0 Å². The van der Waals surface area contributed by atoms with Crippen molar-refractivity contribution in [1.29, 1.82) is 0 Å². The van der Waals surface area contributed by atoms with Gasteiger partial charge in [-0.3, -0.25) is 9.59 Å². The minimum atomic E-state index is -0.259. The van der Waals surface area contributed by atoms with E-state index in [1.54, 1.807) is 26.2 Å². The molecule has 0 saturated carbocycles. The summed E-state index contributed by atoms with van der Waals surface area (Å²) in [6, 6.07) is 3.40. The van der Waals surface area contributed by atoms with Gasteiger partial charge < -0.3 is 23.7 Å². The van der Waals surface area contributed by atoms with E-state index >= 15 is 0 Å². The molecule has 138 valence electrons. The maximum absolute atomic E-state index is 12.6. The molecule has 2 saturated heterocycles. The van der Waals surface area contributed by atoms with E-state index in [4.69, 9.17) is 13.9 Å². The molecule has 7 heteroatoms. The van der Waals surface area contributed by atoms with Gasteiger partial charge in [0.05, 0.1) is 19.0 Å². The fourth-order valence-electron chi connectivity index (χ4n) is 3.70. The standard InChI is InChI=1S/C18H26N2O5/c1-19(2)16(21)11-23-13-18-7-4-10-25-15(18)6-8-20(12-18)17(22)14-5-3-9-24-14/h3,5,9,15H,4,6-8,10-13H2,1-2H3/t15-,18+/m1/s1. The molecule has 2 amide bonds. The lowest BCUT2D eigenvalue weighted by atomic mass is 9.73. The van der Waals surface area contributed by atoms with Crippen molar-refractivity contribution in [3.8, 4) is 0 Å². The van der Waals surface area contributed by atoms with Crippen molar-refractivity contribution in [2.75, 3.05) is 47.0 Å². The molecule has 1 aromatic heterocycles. The largest absolute Gasteiger partial charge is 0.459 e. The van der Waals surface area contributed by atoms with E-state index in [0.29, 0.717) is 25.5 Å². The summed E-state index contributed by atoms with van der Waals surface area (Å²) in [6.07, 6.45) is 4.21. The number of hydrogen-bond acceptors (Lipinski definition) is 5. The average Bonchev–Trinajstić information content (AvgIpc) is 3.15. The molecule has 7 nitrogen and oxygen atoms in total. The van der Waals surface area contributed by atoms with Gasteiger partial charge in [-0.05, 0) is 31.4 Å². The molecule has 25 heavy (non-hydrogen) atoms. The number of fused-ring (bicyclic) bond motifs is 1. The van der Waals surface area contributed by atoms with Crippen LogP contribution in [0.3, 0.4) is 0 Å². The molecule has 0 spiro atoms. The van der Waals surface area contributed by atoms with Crippen LogP contribution in [0.2, 0.25) is 0 Å². The van der Waals surface area contributed by atoms with Crippen molar-refractivity contribution < 1.29 is 23.5 Å². The monoisotopic (exact) mass is 350 g/mol. The predicted molar refractivity (Wildman–Crippen MR) is 90.1 cm³/mol. The highest BCUT2D eigenvalue weighted by molar-refractivity contribution is 5.91. The SMILES string of the molecule is CN(C)C(=O)COC[C@@]12CCCO[C@@H]1CCN(C(=O)c1ccco1)C2. The van der Waals surface area contributed by atoms with Gasteiger partial charge in [0.1, 0.15) is 6.61 Å². The van der Waals surface area contributed by atoms with Gasteiger partial charge in [-0.2, -0.15) is 0 Å². The molecule has 0 bridgehead atoms. The normalized spacial score (nSPS) is 26.2. The summed E-state index contributed by atoms with van der Waals surface area (Å²) in [6.45, 7) is 2.41. The van der Waals surface area contributed by atoms with Crippen LogP contribution in [0.25, 0.3) is 0 Å². The van der Waals surface area contributed by atoms with Gasteiger partial charge in [0.25, 0.3) is 5.91 Å². The lowest BCUT2D eigenvalue weighted by Crippen LogP contribution is -2.58. The Hall–Kier alpha value is -1.86. The van der Waals surface area contributed by atoms with Gasteiger partial charge in [-0.1, -0.05) is 0 Å². The van der Waals surface area contributed by atoms with Crippen LogP contribution in [-0.2, 0) is 14.3 Å². The molecule has 2 aliphatic heterocycles. The zero-order chi connectivity index (χ0) is 17.9. The first kappa shape index (κ1) is 17.9.